The molecule has 2 N–H and O–H groups in total. The zero-order chi connectivity index (χ0) is 21.2. The lowest BCUT2D eigenvalue weighted by molar-refractivity contribution is -0.124. The van der Waals surface area contributed by atoms with Gasteiger partial charge in [-0.1, -0.05) is 12.1 Å². The molecule has 0 radical (unpaired) electrons. The number of carbonyl (C=O) groups is 2. The van der Waals surface area contributed by atoms with E-state index in [1.165, 1.54) is 20.4 Å². The molecular weight excluding hydrogens is 442 g/mol. The summed E-state index contributed by atoms with van der Waals surface area (Å²) >= 11 is 3.39. The molecule has 0 aliphatic carbocycles. The number of benzene rings is 2. The highest BCUT2D eigenvalue weighted by Crippen LogP contribution is 2.35. The van der Waals surface area contributed by atoms with Gasteiger partial charge in [0, 0.05) is 12.8 Å². The third-order valence-corrected chi connectivity index (χ3v) is 4.41. The molecule has 0 heterocycles. The van der Waals surface area contributed by atoms with E-state index < -0.39 is 0 Å². The highest BCUT2D eigenvalue weighted by Gasteiger charge is 2.11. The Balaban J connectivity index is 1.85. The maximum Gasteiger partial charge on any atom is 0.240 e. The Bertz CT molecular complexity index is 902. The second kappa shape index (κ2) is 11.1. The Kier molecular flexibility index (Phi) is 8.47. The number of hydrogen-bond acceptors (Lipinski definition) is 6. The molecule has 2 aromatic rings. The van der Waals surface area contributed by atoms with E-state index in [4.69, 9.17) is 14.2 Å². The summed E-state index contributed by atoms with van der Waals surface area (Å²) in [5.74, 6) is 0.974. The van der Waals surface area contributed by atoms with Gasteiger partial charge >= 0.3 is 0 Å². The van der Waals surface area contributed by atoms with E-state index >= 15 is 0 Å². The third-order valence-electron chi connectivity index (χ3n) is 3.82. The largest absolute Gasteiger partial charge is 0.495 e. The quantitative estimate of drug-likeness (QED) is 0.438. The maximum atomic E-state index is 12.0. The van der Waals surface area contributed by atoms with Crippen molar-refractivity contribution in [2.24, 2.45) is 5.10 Å². The van der Waals surface area contributed by atoms with Crippen LogP contribution in [0.4, 0.5) is 5.69 Å². The monoisotopic (exact) mass is 463 g/mol. The molecule has 0 fully saturated rings. The second-order valence-corrected chi connectivity index (χ2v) is 6.63. The number of hydrazone groups is 1. The molecule has 29 heavy (non-hydrogen) atoms. The van der Waals surface area contributed by atoms with Crippen LogP contribution >= 0.6 is 15.9 Å². The van der Waals surface area contributed by atoms with Gasteiger partial charge in [-0.15, -0.1) is 0 Å². The predicted octanol–water partition coefficient (Wildman–Crippen LogP) is 3.34. The smallest absolute Gasteiger partial charge is 0.240 e. The lowest BCUT2D eigenvalue weighted by Gasteiger charge is -2.10. The summed E-state index contributed by atoms with van der Waals surface area (Å²) in [4.78, 5) is 24.0. The molecule has 0 atom stereocenters. The van der Waals surface area contributed by atoms with Gasteiger partial charge in [0.05, 0.1) is 37.7 Å². The van der Waals surface area contributed by atoms with Gasteiger partial charge in [0.15, 0.2) is 11.5 Å². The summed E-state index contributed by atoms with van der Waals surface area (Å²) in [6.07, 6.45) is 1.48. The molecule has 2 rings (SSSR count). The van der Waals surface area contributed by atoms with Crippen LogP contribution in [0.1, 0.15) is 18.4 Å². The van der Waals surface area contributed by atoms with Crippen molar-refractivity contribution in [3.05, 3.63) is 46.4 Å². The summed E-state index contributed by atoms with van der Waals surface area (Å²) in [7, 11) is 4.59. The number of halogens is 1. The average Bonchev–Trinajstić information content (AvgIpc) is 2.72. The Labute approximate surface area is 177 Å². The topological polar surface area (TPSA) is 98.2 Å². The summed E-state index contributed by atoms with van der Waals surface area (Å²) in [5.41, 5.74) is 3.65. The van der Waals surface area contributed by atoms with Crippen LogP contribution in [0.15, 0.2) is 46.0 Å². The van der Waals surface area contributed by atoms with Crippen LogP contribution in [0, 0.1) is 0 Å². The van der Waals surface area contributed by atoms with E-state index in [9.17, 15) is 9.59 Å². The SMILES string of the molecule is COc1ccccc1NC(=O)CCC(=O)NN=Cc1cc(Br)c(OC)c(OC)c1. The van der Waals surface area contributed by atoms with E-state index in [1.807, 2.05) is 0 Å². The average molecular weight is 464 g/mol. The normalized spacial score (nSPS) is 10.5. The van der Waals surface area contributed by atoms with Crippen LogP contribution in [0.3, 0.4) is 0 Å². The van der Waals surface area contributed by atoms with Crippen molar-refractivity contribution in [3.8, 4) is 17.2 Å². The summed E-state index contributed by atoms with van der Waals surface area (Å²) < 4.78 is 16.4. The molecule has 0 unspecified atom stereocenters. The Morgan fingerprint density at radius 3 is 2.38 bits per heavy atom. The number of nitrogens with zero attached hydrogens (tertiary/aromatic N) is 1. The van der Waals surface area contributed by atoms with Crippen LogP contribution < -0.4 is 25.0 Å². The molecule has 0 saturated heterocycles. The molecule has 0 spiro atoms. The van der Waals surface area contributed by atoms with Gasteiger partial charge in [-0.05, 0) is 45.8 Å². The fraction of sp³-hybridized carbons (Fsp3) is 0.250. The van der Waals surface area contributed by atoms with E-state index in [-0.39, 0.29) is 24.7 Å². The standard InChI is InChI=1S/C20H22BrN3O5/c1-27-16-7-5-4-6-15(16)23-18(25)8-9-19(26)24-22-12-13-10-14(21)20(29-3)17(11-13)28-2/h4-7,10-12H,8-9H2,1-3H3,(H,23,25)(H,24,26). The van der Waals surface area contributed by atoms with Gasteiger partial charge in [0.25, 0.3) is 0 Å². The fourth-order valence-electron chi connectivity index (χ4n) is 2.43. The molecular formula is C20H22BrN3O5. The molecule has 0 saturated carbocycles. The lowest BCUT2D eigenvalue weighted by atomic mass is 10.2. The predicted molar refractivity (Wildman–Crippen MR) is 114 cm³/mol. The Morgan fingerprint density at radius 1 is 1.00 bits per heavy atom. The minimum Gasteiger partial charge on any atom is -0.495 e. The first-order valence-electron chi connectivity index (χ1n) is 8.64. The van der Waals surface area contributed by atoms with Gasteiger partial charge < -0.3 is 19.5 Å². The van der Waals surface area contributed by atoms with Crippen LogP contribution in [-0.4, -0.2) is 39.4 Å². The zero-order valence-electron chi connectivity index (χ0n) is 16.3. The van der Waals surface area contributed by atoms with Gasteiger partial charge in [-0.3, -0.25) is 9.59 Å². The van der Waals surface area contributed by atoms with Crippen molar-refractivity contribution in [2.75, 3.05) is 26.6 Å². The van der Waals surface area contributed by atoms with Gasteiger partial charge in [-0.25, -0.2) is 5.43 Å². The third kappa shape index (κ3) is 6.49. The van der Waals surface area contributed by atoms with Crippen LogP contribution in [0.5, 0.6) is 17.2 Å². The van der Waals surface area contributed by atoms with Crippen molar-refractivity contribution in [2.45, 2.75) is 12.8 Å². The zero-order valence-corrected chi connectivity index (χ0v) is 17.9. The number of carbonyl (C=O) groups excluding carboxylic acids is 2. The van der Waals surface area contributed by atoms with Crippen molar-refractivity contribution in [1.29, 1.82) is 0 Å². The molecule has 8 nitrogen and oxygen atoms in total. The van der Waals surface area contributed by atoms with Crippen LogP contribution in [-0.2, 0) is 9.59 Å². The first-order valence-corrected chi connectivity index (χ1v) is 9.44. The number of nitrogens with one attached hydrogen (secondary N) is 2. The van der Waals surface area contributed by atoms with Gasteiger partial charge in [0.2, 0.25) is 11.8 Å². The molecule has 154 valence electrons. The molecule has 0 bridgehead atoms. The highest BCUT2D eigenvalue weighted by atomic mass is 79.9. The molecule has 0 aliphatic rings. The van der Waals surface area contributed by atoms with Crippen molar-refractivity contribution >= 4 is 39.6 Å². The number of rotatable bonds is 9. The summed E-state index contributed by atoms with van der Waals surface area (Å²) in [6.45, 7) is 0. The Morgan fingerprint density at radius 2 is 1.69 bits per heavy atom. The highest BCUT2D eigenvalue weighted by molar-refractivity contribution is 9.10. The minimum absolute atomic E-state index is 0.00600. The molecule has 2 amide bonds. The number of hydrogen-bond donors (Lipinski definition) is 2. The number of methoxy groups -OCH3 is 3. The number of ether oxygens (including phenoxy) is 3. The van der Waals surface area contributed by atoms with Crippen molar-refractivity contribution < 1.29 is 23.8 Å². The first kappa shape index (κ1) is 22.2. The Hall–Kier alpha value is -3.07. The second-order valence-electron chi connectivity index (χ2n) is 5.78. The van der Waals surface area contributed by atoms with Gasteiger partial charge in [-0.2, -0.15) is 5.10 Å². The number of amides is 2. The lowest BCUT2D eigenvalue weighted by Crippen LogP contribution is -2.20. The molecule has 2 aromatic carbocycles. The van der Waals surface area contributed by atoms with E-state index in [2.05, 4.69) is 31.8 Å². The van der Waals surface area contributed by atoms with Crippen LogP contribution in [0.2, 0.25) is 0 Å². The van der Waals surface area contributed by atoms with Crippen molar-refractivity contribution in [1.82, 2.24) is 5.43 Å². The van der Waals surface area contributed by atoms with E-state index in [1.54, 1.807) is 43.5 Å². The first-order chi connectivity index (χ1) is 14.0. The fourth-order valence-corrected chi connectivity index (χ4v) is 3.06. The molecule has 9 heteroatoms. The summed E-state index contributed by atoms with van der Waals surface area (Å²) in [6, 6.07) is 10.5. The van der Waals surface area contributed by atoms with E-state index in [0.29, 0.717) is 33.0 Å². The van der Waals surface area contributed by atoms with Crippen LogP contribution in [0.25, 0.3) is 0 Å². The van der Waals surface area contributed by atoms with Gasteiger partial charge in [0.1, 0.15) is 5.75 Å². The molecule has 0 aliphatic heterocycles. The molecule has 0 aromatic heterocycles. The van der Waals surface area contributed by atoms with Crippen molar-refractivity contribution in [3.63, 3.8) is 0 Å². The van der Waals surface area contributed by atoms with E-state index in [0.717, 1.165) is 0 Å². The maximum absolute atomic E-state index is 12.0. The number of anilines is 1. The number of para-hydroxylation sites is 2. The summed E-state index contributed by atoms with van der Waals surface area (Å²) in [5, 5.41) is 6.62. The minimum atomic E-state index is -0.379.